The normalized spacial score (nSPS) is 30.1. The third-order valence-corrected chi connectivity index (χ3v) is 2.70. The molecule has 5 nitrogen and oxygen atoms in total. The molecule has 92 valence electrons. The van der Waals surface area contributed by atoms with Gasteiger partial charge >= 0.3 is 6.09 Å². The third-order valence-electron chi connectivity index (χ3n) is 2.70. The molecule has 0 aromatic heterocycles. The van der Waals surface area contributed by atoms with Crippen molar-refractivity contribution in [2.24, 2.45) is 5.92 Å². The monoisotopic (exact) mass is 228 g/mol. The first-order valence-electron chi connectivity index (χ1n) is 5.82. The topological polar surface area (TPSA) is 50.8 Å². The number of amides is 1. The Morgan fingerprint density at radius 3 is 2.81 bits per heavy atom. The van der Waals surface area contributed by atoms with E-state index in [2.05, 4.69) is 5.32 Å². The number of piperidine rings is 1. The van der Waals surface area contributed by atoms with Crippen molar-refractivity contribution in [2.45, 2.75) is 38.9 Å². The Labute approximate surface area is 96.0 Å². The van der Waals surface area contributed by atoms with Crippen molar-refractivity contribution in [1.29, 1.82) is 0 Å². The summed E-state index contributed by atoms with van der Waals surface area (Å²) in [4.78, 5) is 17.4. The molecule has 2 aliphatic heterocycles. The van der Waals surface area contributed by atoms with E-state index in [1.807, 2.05) is 20.8 Å². The van der Waals surface area contributed by atoms with Crippen LogP contribution < -0.4 is 5.32 Å². The lowest BCUT2D eigenvalue weighted by Crippen LogP contribution is -2.54. The fourth-order valence-corrected chi connectivity index (χ4v) is 2.09. The molecule has 16 heavy (non-hydrogen) atoms. The van der Waals surface area contributed by atoms with Gasteiger partial charge in [0.25, 0.3) is 0 Å². The van der Waals surface area contributed by atoms with Gasteiger partial charge in [0.1, 0.15) is 5.60 Å². The number of hydrogen-bond donors (Lipinski definition) is 1. The first kappa shape index (κ1) is 11.7. The molecular weight excluding hydrogens is 208 g/mol. The summed E-state index contributed by atoms with van der Waals surface area (Å²) in [6.45, 7) is 7.97. The molecule has 2 saturated heterocycles. The fraction of sp³-hybridized carbons (Fsp3) is 0.909. The fourth-order valence-electron chi connectivity index (χ4n) is 2.09. The number of nitrogens with zero attached hydrogens (tertiary/aromatic N) is 1. The minimum Gasteiger partial charge on any atom is -0.442 e. The zero-order chi connectivity index (χ0) is 11.8. The highest BCUT2D eigenvalue weighted by Gasteiger charge is 2.35. The Morgan fingerprint density at radius 1 is 1.44 bits per heavy atom. The second-order valence-electron chi connectivity index (χ2n) is 5.53. The summed E-state index contributed by atoms with van der Waals surface area (Å²) < 4.78 is 5.28. The van der Waals surface area contributed by atoms with Gasteiger partial charge in [0.05, 0.1) is 12.6 Å². The summed E-state index contributed by atoms with van der Waals surface area (Å²) in [7, 11) is 0. The second kappa shape index (κ2) is 4.22. The molecule has 0 radical (unpaired) electrons. The molecule has 2 heterocycles. The Balaban J connectivity index is 1.92. The number of hydroxylamine groups is 2. The van der Waals surface area contributed by atoms with E-state index in [1.54, 1.807) is 0 Å². The summed E-state index contributed by atoms with van der Waals surface area (Å²) in [6.07, 6.45) is 0.774. The lowest BCUT2D eigenvalue weighted by molar-refractivity contribution is -0.222. The van der Waals surface area contributed by atoms with Gasteiger partial charge in [0, 0.05) is 6.54 Å². The van der Waals surface area contributed by atoms with E-state index in [1.165, 1.54) is 5.06 Å². The molecule has 2 fully saturated rings. The van der Waals surface area contributed by atoms with E-state index in [4.69, 9.17) is 9.57 Å². The van der Waals surface area contributed by atoms with E-state index in [0.717, 1.165) is 19.5 Å². The van der Waals surface area contributed by atoms with Crippen LogP contribution in [0.15, 0.2) is 0 Å². The van der Waals surface area contributed by atoms with Gasteiger partial charge in [-0.3, -0.25) is 4.84 Å². The third kappa shape index (κ3) is 2.86. The van der Waals surface area contributed by atoms with Crippen LogP contribution in [0, 0.1) is 5.92 Å². The maximum atomic E-state index is 11.8. The lowest BCUT2D eigenvalue weighted by atomic mass is 9.96. The quantitative estimate of drug-likeness (QED) is 0.675. The highest BCUT2D eigenvalue weighted by Crippen LogP contribution is 2.23. The predicted octanol–water partition coefficient (Wildman–Crippen LogP) is 1.15. The van der Waals surface area contributed by atoms with Crippen molar-refractivity contribution < 1.29 is 14.4 Å². The van der Waals surface area contributed by atoms with Gasteiger partial charge in [-0.1, -0.05) is 0 Å². The molecular formula is C11H20N2O3. The van der Waals surface area contributed by atoms with Gasteiger partial charge in [-0.05, 0) is 39.7 Å². The molecule has 0 aromatic carbocycles. The van der Waals surface area contributed by atoms with Crippen LogP contribution in [0.2, 0.25) is 0 Å². The van der Waals surface area contributed by atoms with Crippen LogP contribution in [0.5, 0.6) is 0 Å². The highest BCUT2D eigenvalue weighted by atomic mass is 16.7. The Morgan fingerprint density at radius 2 is 2.19 bits per heavy atom. The standard InChI is InChI=1S/C11H20N2O3/c1-11(2,3)15-10(14)13-7-8-4-9(16-13)6-12-5-8/h8-9,12H,4-7H2,1-3H3. The number of rotatable bonds is 0. The molecule has 0 saturated carbocycles. The van der Waals surface area contributed by atoms with Gasteiger partial charge < -0.3 is 10.1 Å². The molecule has 0 aromatic rings. The van der Waals surface area contributed by atoms with Crippen LogP contribution in [0.1, 0.15) is 27.2 Å². The molecule has 0 aliphatic carbocycles. The summed E-state index contributed by atoms with van der Waals surface area (Å²) in [5.74, 6) is 0.486. The molecule has 0 spiro atoms. The molecule has 2 bridgehead atoms. The molecule has 1 N–H and O–H groups in total. The number of fused-ring (bicyclic) bond motifs is 2. The first-order valence-corrected chi connectivity index (χ1v) is 5.82. The van der Waals surface area contributed by atoms with Crippen molar-refractivity contribution in [3.05, 3.63) is 0 Å². The van der Waals surface area contributed by atoms with Gasteiger partial charge in [0.15, 0.2) is 0 Å². The minimum atomic E-state index is -0.467. The summed E-state index contributed by atoms with van der Waals surface area (Å²) in [5.41, 5.74) is -0.467. The average Bonchev–Trinajstić information content (AvgIpc) is 2.14. The zero-order valence-electron chi connectivity index (χ0n) is 10.2. The number of nitrogens with one attached hydrogen (secondary N) is 1. The summed E-state index contributed by atoms with van der Waals surface area (Å²) in [6, 6.07) is 0. The Bertz CT molecular complexity index is 263. The number of ether oxygens (including phenoxy) is 1. The van der Waals surface area contributed by atoms with Crippen LogP contribution >= 0.6 is 0 Å². The smallest absolute Gasteiger partial charge is 0.434 e. The highest BCUT2D eigenvalue weighted by molar-refractivity contribution is 5.66. The van der Waals surface area contributed by atoms with Gasteiger partial charge in [-0.25, -0.2) is 4.79 Å². The summed E-state index contributed by atoms with van der Waals surface area (Å²) >= 11 is 0. The van der Waals surface area contributed by atoms with Crippen molar-refractivity contribution in [2.75, 3.05) is 19.6 Å². The number of carbonyl (C=O) groups is 1. The maximum absolute atomic E-state index is 11.8. The Hall–Kier alpha value is -0.810. The van der Waals surface area contributed by atoms with E-state index >= 15 is 0 Å². The van der Waals surface area contributed by atoms with Gasteiger partial charge in [0.2, 0.25) is 0 Å². The van der Waals surface area contributed by atoms with Crippen LogP contribution in [0.4, 0.5) is 4.79 Å². The molecule has 2 unspecified atom stereocenters. The van der Waals surface area contributed by atoms with Crippen molar-refractivity contribution >= 4 is 6.09 Å². The maximum Gasteiger partial charge on any atom is 0.434 e. The van der Waals surface area contributed by atoms with Gasteiger partial charge in [-0.15, -0.1) is 0 Å². The van der Waals surface area contributed by atoms with Crippen LogP contribution in [-0.4, -0.2) is 42.5 Å². The number of carbonyl (C=O) groups excluding carboxylic acids is 1. The van der Waals surface area contributed by atoms with Crippen LogP contribution in [0.3, 0.4) is 0 Å². The summed E-state index contributed by atoms with van der Waals surface area (Å²) in [5, 5.41) is 4.67. The van der Waals surface area contributed by atoms with Gasteiger partial charge in [-0.2, -0.15) is 5.06 Å². The molecule has 1 amide bonds. The van der Waals surface area contributed by atoms with E-state index in [0.29, 0.717) is 12.5 Å². The van der Waals surface area contributed by atoms with E-state index in [9.17, 15) is 4.79 Å². The molecule has 2 atom stereocenters. The average molecular weight is 228 g/mol. The molecule has 2 aliphatic rings. The Kier molecular flexibility index (Phi) is 3.08. The first-order chi connectivity index (χ1) is 7.44. The lowest BCUT2D eigenvalue weighted by Gasteiger charge is -2.40. The van der Waals surface area contributed by atoms with Crippen molar-refractivity contribution in [3.63, 3.8) is 0 Å². The van der Waals surface area contributed by atoms with Crippen LogP contribution in [-0.2, 0) is 9.57 Å². The van der Waals surface area contributed by atoms with E-state index in [-0.39, 0.29) is 12.2 Å². The SMILES string of the molecule is CC(C)(C)OC(=O)N1CC2CNCC(C2)O1. The zero-order valence-corrected chi connectivity index (χ0v) is 10.2. The number of hydrogen-bond acceptors (Lipinski definition) is 4. The second-order valence-corrected chi connectivity index (χ2v) is 5.53. The predicted molar refractivity (Wildman–Crippen MR) is 58.8 cm³/mol. The minimum absolute atomic E-state index is 0.111. The van der Waals surface area contributed by atoms with Crippen molar-refractivity contribution in [3.8, 4) is 0 Å². The van der Waals surface area contributed by atoms with Crippen LogP contribution in [0.25, 0.3) is 0 Å². The molecule has 5 heteroatoms. The van der Waals surface area contributed by atoms with E-state index < -0.39 is 5.60 Å². The van der Waals surface area contributed by atoms with Crippen molar-refractivity contribution in [1.82, 2.24) is 10.4 Å². The molecule has 2 rings (SSSR count). The largest absolute Gasteiger partial charge is 0.442 e.